The first-order valence-corrected chi connectivity index (χ1v) is 11.8. The van der Waals surface area contributed by atoms with E-state index in [9.17, 15) is 9.59 Å². The van der Waals surface area contributed by atoms with Crippen molar-refractivity contribution in [1.29, 1.82) is 0 Å². The van der Waals surface area contributed by atoms with Gasteiger partial charge in [-0.1, -0.05) is 41.9 Å². The number of nitrogens with one attached hydrogen (secondary N) is 2. The number of nitrogens with zero attached hydrogens (tertiary/aromatic N) is 2. The van der Waals surface area contributed by atoms with Crippen LogP contribution in [0.15, 0.2) is 78.9 Å². The molecule has 2 atom stereocenters. The van der Waals surface area contributed by atoms with Crippen molar-refractivity contribution in [3.8, 4) is 0 Å². The van der Waals surface area contributed by atoms with Crippen molar-refractivity contribution in [3.05, 3.63) is 101 Å². The van der Waals surface area contributed by atoms with Gasteiger partial charge in [-0.2, -0.15) is 0 Å². The molecule has 3 aromatic rings. The van der Waals surface area contributed by atoms with Crippen molar-refractivity contribution in [2.75, 3.05) is 18.0 Å². The molecule has 7 heteroatoms. The van der Waals surface area contributed by atoms with Gasteiger partial charge in [0.25, 0.3) is 5.91 Å². The molecule has 0 radical (unpaired) electrons. The molecule has 4 rings (SSSR count). The van der Waals surface area contributed by atoms with Gasteiger partial charge in [0.2, 0.25) is 12.3 Å². The van der Waals surface area contributed by atoms with Gasteiger partial charge in [-0.25, -0.2) is 0 Å². The summed E-state index contributed by atoms with van der Waals surface area (Å²) in [7, 11) is 0. The number of hydrazine groups is 1. The lowest BCUT2D eigenvalue weighted by Crippen LogP contribution is -2.42. The Morgan fingerprint density at radius 1 is 1.00 bits per heavy atom. The quantitative estimate of drug-likeness (QED) is 0.503. The van der Waals surface area contributed by atoms with Crippen LogP contribution in [0.4, 0.5) is 5.69 Å². The molecule has 1 aliphatic rings. The number of rotatable bonds is 7. The van der Waals surface area contributed by atoms with Crippen LogP contribution in [0.1, 0.15) is 41.4 Å². The Kier molecular flexibility index (Phi) is 7.28. The van der Waals surface area contributed by atoms with Gasteiger partial charge < -0.3 is 10.2 Å². The third kappa shape index (κ3) is 5.13. The van der Waals surface area contributed by atoms with Gasteiger partial charge in [-0.15, -0.1) is 10.1 Å². The Morgan fingerprint density at radius 2 is 1.65 bits per heavy atom. The third-order valence-electron chi connectivity index (χ3n) is 5.98. The van der Waals surface area contributed by atoms with Crippen LogP contribution in [0, 0.1) is 0 Å². The highest BCUT2D eigenvalue weighted by Gasteiger charge is 2.47. The Hall–Kier alpha value is -3.64. The van der Waals surface area contributed by atoms with Gasteiger partial charge in [0.05, 0.1) is 0 Å². The van der Waals surface area contributed by atoms with Gasteiger partial charge in [-0.05, 0) is 62.4 Å². The average Bonchev–Trinajstić information content (AvgIpc) is 3.16. The van der Waals surface area contributed by atoms with E-state index in [1.165, 1.54) is 0 Å². The fraction of sp³-hybridized carbons (Fsp3) is 0.222. The summed E-state index contributed by atoms with van der Waals surface area (Å²) in [4.78, 5) is 28.1. The van der Waals surface area contributed by atoms with Crippen molar-refractivity contribution in [2.45, 2.75) is 25.9 Å². The molecule has 1 aliphatic heterocycles. The maximum Gasteiger partial charge on any atom is 0.304 e. The van der Waals surface area contributed by atoms with E-state index in [1.807, 2.05) is 48.7 Å². The number of hydrogen-bond acceptors (Lipinski definition) is 3. The molecule has 0 saturated carbocycles. The number of hydrogen-bond donors (Lipinski definition) is 2. The molecular weight excluding hydrogens is 448 g/mol. The zero-order valence-electron chi connectivity index (χ0n) is 19.2. The van der Waals surface area contributed by atoms with E-state index in [2.05, 4.69) is 41.6 Å². The number of amides is 2. The van der Waals surface area contributed by atoms with E-state index < -0.39 is 12.1 Å². The molecule has 174 valence electrons. The molecule has 34 heavy (non-hydrogen) atoms. The highest BCUT2D eigenvalue weighted by Crippen LogP contribution is 2.26. The molecule has 1 fully saturated rings. The summed E-state index contributed by atoms with van der Waals surface area (Å²) in [5.74, 6) is -0.602. The second-order valence-electron chi connectivity index (χ2n) is 8.09. The fourth-order valence-corrected chi connectivity index (χ4v) is 4.30. The summed E-state index contributed by atoms with van der Waals surface area (Å²) in [6.45, 7) is 6.14. The zero-order chi connectivity index (χ0) is 24.1. The maximum absolute atomic E-state index is 13.0. The first-order valence-electron chi connectivity index (χ1n) is 11.4. The zero-order valence-corrected chi connectivity index (χ0v) is 20.0. The average molecular weight is 476 g/mol. The molecule has 3 aromatic carbocycles. The Balaban J connectivity index is 1.64. The SMILES string of the molecule is CCN(CC)c1ccc(/C=[N+]2\NC(=O)[C@H](NC(=O)c3ccc(Cl)cc3)[C@H]2c2ccccc2)cc1. The molecule has 6 nitrogen and oxygen atoms in total. The van der Waals surface area contributed by atoms with Crippen LogP contribution < -0.4 is 15.6 Å². The number of halogens is 1. The minimum Gasteiger partial charge on any atom is -0.372 e. The fourth-order valence-electron chi connectivity index (χ4n) is 4.18. The van der Waals surface area contributed by atoms with Crippen LogP contribution in [-0.2, 0) is 4.79 Å². The number of benzene rings is 3. The van der Waals surface area contributed by atoms with Crippen molar-refractivity contribution < 1.29 is 14.3 Å². The molecule has 2 amide bonds. The lowest BCUT2D eigenvalue weighted by atomic mass is 10.00. The highest BCUT2D eigenvalue weighted by atomic mass is 35.5. The first kappa shape index (κ1) is 23.5. The van der Waals surface area contributed by atoms with Crippen LogP contribution in [0.25, 0.3) is 0 Å². The van der Waals surface area contributed by atoms with Crippen LogP contribution >= 0.6 is 11.6 Å². The maximum atomic E-state index is 13.0. The summed E-state index contributed by atoms with van der Waals surface area (Å²) >= 11 is 5.94. The van der Waals surface area contributed by atoms with Crippen LogP contribution in [-0.4, -0.2) is 41.8 Å². The predicted octanol–water partition coefficient (Wildman–Crippen LogP) is 4.20. The number of carbonyl (C=O) groups excluding carboxylic acids is 2. The van der Waals surface area contributed by atoms with Crippen molar-refractivity contribution >= 4 is 35.3 Å². The van der Waals surface area contributed by atoms with Gasteiger partial charge in [0.1, 0.15) is 0 Å². The Bertz CT molecular complexity index is 1170. The molecule has 0 bridgehead atoms. The first-order chi connectivity index (χ1) is 16.5. The van der Waals surface area contributed by atoms with Crippen molar-refractivity contribution in [3.63, 3.8) is 0 Å². The van der Waals surface area contributed by atoms with Gasteiger partial charge >= 0.3 is 5.91 Å². The molecule has 2 N–H and O–H groups in total. The van der Waals surface area contributed by atoms with E-state index in [1.54, 1.807) is 28.9 Å². The van der Waals surface area contributed by atoms with E-state index in [0.29, 0.717) is 10.6 Å². The summed E-state index contributed by atoms with van der Waals surface area (Å²) in [6.07, 6.45) is 1.90. The lowest BCUT2D eigenvalue weighted by Gasteiger charge is -2.20. The van der Waals surface area contributed by atoms with Gasteiger partial charge in [0.15, 0.2) is 6.04 Å². The minimum absolute atomic E-state index is 0.271. The van der Waals surface area contributed by atoms with E-state index in [-0.39, 0.29) is 11.8 Å². The number of carbonyl (C=O) groups is 2. The number of anilines is 1. The Labute approximate surface area is 204 Å². The summed E-state index contributed by atoms with van der Waals surface area (Å²) < 4.78 is 1.77. The second-order valence-corrected chi connectivity index (χ2v) is 8.53. The van der Waals surface area contributed by atoms with Crippen LogP contribution in [0.3, 0.4) is 0 Å². The standard InChI is InChI=1S/C27H27ClN4O2/c1-3-31(4-2)23-16-10-19(11-17-23)18-32-25(20-8-6-5-7-9-20)24(27(34)30-32)29-26(33)21-12-14-22(28)15-13-21/h5-18,24-25H,3-4H2,1-2H3,(H-,29,30,33,34)/p+1/t24-,25-/m1/s1. The molecule has 1 heterocycles. The second kappa shape index (κ2) is 10.5. The molecular formula is C27H28ClN4O2+. The van der Waals surface area contributed by atoms with E-state index in [0.717, 1.165) is 29.9 Å². The Morgan fingerprint density at radius 3 is 2.26 bits per heavy atom. The van der Waals surface area contributed by atoms with Crippen LogP contribution in [0.5, 0.6) is 0 Å². The lowest BCUT2D eigenvalue weighted by molar-refractivity contribution is -0.596. The van der Waals surface area contributed by atoms with E-state index in [4.69, 9.17) is 11.6 Å². The molecule has 1 saturated heterocycles. The molecule has 0 aliphatic carbocycles. The topological polar surface area (TPSA) is 64.5 Å². The predicted molar refractivity (Wildman–Crippen MR) is 135 cm³/mol. The van der Waals surface area contributed by atoms with Crippen molar-refractivity contribution in [1.82, 2.24) is 10.7 Å². The normalized spacial score (nSPS) is 18.6. The van der Waals surface area contributed by atoms with Crippen LogP contribution in [0.2, 0.25) is 5.02 Å². The molecule has 0 unspecified atom stereocenters. The highest BCUT2D eigenvalue weighted by molar-refractivity contribution is 6.30. The summed E-state index contributed by atoms with van der Waals surface area (Å²) in [5.41, 5.74) is 6.38. The smallest absolute Gasteiger partial charge is 0.304 e. The summed E-state index contributed by atoms with van der Waals surface area (Å²) in [5, 5.41) is 3.45. The molecule has 0 spiro atoms. The monoisotopic (exact) mass is 475 g/mol. The van der Waals surface area contributed by atoms with E-state index >= 15 is 0 Å². The van der Waals surface area contributed by atoms with Crippen molar-refractivity contribution in [2.24, 2.45) is 0 Å². The number of hydrazone groups is 1. The summed E-state index contributed by atoms with van der Waals surface area (Å²) in [6, 6.07) is 23.3. The third-order valence-corrected chi connectivity index (χ3v) is 6.23. The van der Waals surface area contributed by atoms with Gasteiger partial charge in [0, 0.05) is 40.5 Å². The largest absolute Gasteiger partial charge is 0.372 e. The van der Waals surface area contributed by atoms with Gasteiger partial charge in [-0.3, -0.25) is 9.59 Å². The minimum atomic E-state index is -0.767. The molecule has 0 aromatic heterocycles.